The molecule has 0 atom stereocenters. The summed E-state index contributed by atoms with van der Waals surface area (Å²) < 4.78 is 0. The molecule has 0 unspecified atom stereocenters. The molecule has 0 fully saturated rings. The summed E-state index contributed by atoms with van der Waals surface area (Å²) in [5, 5.41) is 6.41. The summed E-state index contributed by atoms with van der Waals surface area (Å²) in [5.74, 6) is 0.0369. The maximum absolute atomic E-state index is 12.1. The van der Waals surface area contributed by atoms with Crippen molar-refractivity contribution in [3.05, 3.63) is 101 Å². The van der Waals surface area contributed by atoms with Crippen molar-refractivity contribution in [1.82, 2.24) is 5.32 Å². The van der Waals surface area contributed by atoms with E-state index in [-0.39, 0.29) is 5.91 Å². The quantitative estimate of drug-likeness (QED) is 0.638. The van der Waals surface area contributed by atoms with E-state index >= 15 is 0 Å². The third-order valence-electron chi connectivity index (χ3n) is 4.43. The van der Waals surface area contributed by atoms with Crippen LogP contribution in [-0.4, -0.2) is 5.91 Å². The first-order chi connectivity index (χ1) is 13.1. The van der Waals surface area contributed by atoms with E-state index in [4.69, 9.17) is 0 Å². The lowest BCUT2D eigenvalue weighted by Gasteiger charge is -2.10. The van der Waals surface area contributed by atoms with Crippen LogP contribution in [0.2, 0.25) is 0 Å². The monoisotopic (exact) mass is 358 g/mol. The summed E-state index contributed by atoms with van der Waals surface area (Å²) in [7, 11) is 0. The van der Waals surface area contributed by atoms with Gasteiger partial charge in [0, 0.05) is 18.8 Å². The van der Waals surface area contributed by atoms with E-state index in [0.29, 0.717) is 13.0 Å². The summed E-state index contributed by atoms with van der Waals surface area (Å²) in [6, 6.07) is 24.6. The molecule has 0 aromatic heterocycles. The van der Waals surface area contributed by atoms with Crippen LogP contribution < -0.4 is 10.6 Å². The molecule has 0 spiro atoms. The maximum atomic E-state index is 12.1. The van der Waals surface area contributed by atoms with E-state index in [0.717, 1.165) is 23.4 Å². The predicted octanol–water partition coefficient (Wildman–Crippen LogP) is 4.77. The summed E-state index contributed by atoms with van der Waals surface area (Å²) >= 11 is 0. The molecule has 3 aromatic rings. The number of benzene rings is 3. The van der Waals surface area contributed by atoms with Gasteiger partial charge >= 0.3 is 0 Å². The number of carbonyl (C=O) groups excluding carboxylic acids is 1. The van der Waals surface area contributed by atoms with Crippen LogP contribution in [0.4, 0.5) is 5.69 Å². The minimum atomic E-state index is 0.0369. The van der Waals surface area contributed by atoms with E-state index in [1.807, 2.05) is 54.6 Å². The normalized spacial score (nSPS) is 10.4. The van der Waals surface area contributed by atoms with Crippen LogP contribution in [0, 0.1) is 13.8 Å². The third kappa shape index (κ3) is 6.00. The molecule has 0 saturated carbocycles. The molecule has 2 N–H and O–H groups in total. The first kappa shape index (κ1) is 18.7. The highest BCUT2D eigenvalue weighted by molar-refractivity contribution is 5.78. The average Bonchev–Trinajstić information content (AvgIpc) is 2.66. The first-order valence-corrected chi connectivity index (χ1v) is 9.29. The fourth-order valence-electron chi connectivity index (χ4n) is 3.16. The lowest BCUT2D eigenvalue weighted by Crippen LogP contribution is -2.24. The van der Waals surface area contributed by atoms with E-state index in [2.05, 4.69) is 42.7 Å². The molecule has 0 radical (unpaired) electrons. The lowest BCUT2D eigenvalue weighted by molar-refractivity contribution is -0.120. The number of nitrogens with one attached hydrogen (secondary N) is 2. The fraction of sp³-hybridized carbons (Fsp3) is 0.208. The Morgan fingerprint density at radius 1 is 0.741 bits per heavy atom. The van der Waals surface area contributed by atoms with Crippen molar-refractivity contribution in [3.8, 4) is 0 Å². The molecule has 0 aliphatic heterocycles. The lowest BCUT2D eigenvalue weighted by atomic mass is 10.1. The largest absolute Gasteiger partial charge is 0.381 e. The van der Waals surface area contributed by atoms with Gasteiger partial charge in [-0.3, -0.25) is 4.79 Å². The Kier molecular flexibility index (Phi) is 6.26. The van der Waals surface area contributed by atoms with Gasteiger partial charge in [-0.2, -0.15) is 0 Å². The Bertz CT molecular complexity index is 866. The van der Waals surface area contributed by atoms with Crippen molar-refractivity contribution < 1.29 is 4.79 Å². The standard InChI is InChI=1S/C24H26N2O/c1-18-12-19(2)14-22(13-18)17-25-23-10-8-20(9-11-23)15-24(27)26-16-21-6-4-3-5-7-21/h3-14,25H,15-17H2,1-2H3,(H,26,27). The number of anilines is 1. The number of rotatable bonds is 7. The molecule has 0 bridgehead atoms. The molecular formula is C24H26N2O. The second-order valence-electron chi connectivity index (χ2n) is 6.99. The molecular weight excluding hydrogens is 332 g/mol. The highest BCUT2D eigenvalue weighted by atomic mass is 16.1. The highest BCUT2D eigenvalue weighted by Crippen LogP contribution is 2.14. The summed E-state index contributed by atoms with van der Waals surface area (Å²) in [6.45, 7) is 5.59. The van der Waals surface area contributed by atoms with Crippen LogP contribution in [0.15, 0.2) is 72.8 Å². The van der Waals surface area contributed by atoms with Crippen molar-refractivity contribution in [2.75, 3.05) is 5.32 Å². The zero-order valence-corrected chi connectivity index (χ0v) is 16.0. The topological polar surface area (TPSA) is 41.1 Å². The van der Waals surface area contributed by atoms with Crippen molar-refractivity contribution in [1.29, 1.82) is 0 Å². The van der Waals surface area contributed by atoms with Gasteiger partial charge in [0.2, 0.25) is 5.91 Å². The minimum absolute atomic E-state index is 0.0369. The summed E-state index contributed by atoms with van der Waals surface area (Å²) in [6.07, 6.45) is 0.393. The molecule has 3 rings (SSSR count). The zero-order chi connectivity index (χ0) is 19.1. The second kappa shape index (κ2) is 9.04. The van der Waals surface area contributed by atoms with Crippen LogP contribution >= 0.6 is 0 Å². The van der Waals surface area contributed by atoms with Crippen LogP contribution in [0.25, 0.3) is 0 Å². The predicted molar refractivity (Wildman–Crippen MR) is 112 cm³/mol. The van der Waals surface area contributed by atoms with Crippen LogP contribution in [0.3, 0.4) is 0 Å². The number of amides is 1. The van der Waals surface area contributed by atoms with E-state index < -0.39 is 0 Å². The molecule has 1 amide bonds. The van der Waals surface area contributed by atoms with Crippen LogP contribution in [-0.2, 0) is 24.3 Å². The number of aryl methyl sites for hydroxylation is 2. The van der Waals surface area contributed by atoms with Gasteiger partial charge in [0.1, 0.15) is 0 Å². The van der Waals surface area contributed by atoms with Gasteiger partial charge in [0.25, 0.3) is 0 Å². The summed E-state index contributed by atoms with van der Waals surface area (Å²) in [4.78, 5) is 12.1. The molecule has 0 saturated heterocycles. The van der Waals surface area contributed by atoms with E-state index in [1.165, 1.54) is 16.7 Å². The van der Waals surface area contributed by atoms with Gasteiger partial charge in [-0.15, -0.1) is 0 Å². The van der Waals surface area contributed by atoms with Crippen molar-refractivity contribution >= 4 is 11.6 Å². The second-order valence-corrected chi connectivity index (χ2v) is 6.99. The Morgan fingerprint density at radius 3 is 2.07 bits per heavy atom. The summed E-state index contributed by atoms with van der Waals surface area (Å²) in [5.41, 5.74) is 7.01. The Morgan fingerprint density at radius 2 is 1.41 bits per heavy atom. The number of hydrogen-bond donors (Lipinski definition) is 2. The van der Waals surface area contributed by atoms with Gasteiger partial charge in [-0.1, -0.05) is 71.8 Å². The van der Waals surface area contributed by atoms with Crippen molar-refractivity contribution in [3.63, 3.8) is 0 Å². The van der Waals surface area contributed by atoms with Gasteiger partial charge < -0.3 is 10.6 Å². The van der Waals surface area contributed by atoms with Gasteiger partial charge in [0.15, 0.2) is 0 Å². The minimum Gasteiger partial charge on any atom is -0.381 e. The number of hydrogen-bond acceptors (Lipinski definition) is 2. The van der Waals surface area contributed by atoms with Crippen LogP contribution in [0.5, 0.6) is 0 Å². The Hall–Kier alpha value is -3.07. The Balaban J connectivity index is 1.48. The molecule has 3 heteroatoms. The molecule has 3 nitrogen and oxygen atoms in total. The third-order valence-corrected chi connectivity index (χ3v) is 4.43. The van der Waals surface area contributed by atoms with Crippen molar-refractivity contribution in [2.45, 2.75) is 33.4 Å². The zero-order valence-electron chi connectivity index (χ0n) is 16.0. The first-order valence-electron chi connectivity index (χ1n) is 9.29. The van der Waals surface area contributed by atoms with Gasteiger partial charge in [0.05, 0.1) is 6.42 Å². The molecule has 0 aliphatic carbocycles. The molecule has 27 heavy (non-hydrogen) atoms. The molecule has 0 aliphatic rings. The van der Waals surface area contributed by atoms with Gasteiger partial charge in [-0.25, -0.2) is 0 Å². The highest BCUT2D eigenvalue weighted by Gasteiger charge is 2.04. The van der Waals surface area contributed by atoms with Crippen LogP contribution in [0.1, 0.15) is 27.8 Å². The Labute approximate surface area is 161 Å². The van der Waals surface area contributed by atoms with Gasteiger partial charge in [-0.05, 0) is 42.7 Å². The number of carbonyl (C=O) groups is 1. The fourth-order valence-corrected chi connectivity index (χ4v) is 3.16. The van der Waals surface area contributed by atoms with E-state index in [1.54, 1.807) is 0 Å². The SMILES string of the molecule is Cc1cc(C)cc(CNc2ccc(CC(=O)NCc3ccccc3)cc2)c1. The molecule has 3 aromatic carbocycles. The van der Waals surface area contributed by atoms with Crippen molar-refractivity contribution in [2.24, 2.45) is 0 Å². The maximum Gasteiger partial charge on any atom is 0.224 e. The van der Waals surface area contributed by atoms with E-state index in [9.17, 15) is 4.79 Å². The molecule has 0 heterocycles. The smallest absolute Gasteiger partial charge is 0.224 e. The average molecular weight is 358 g/mol. The molecule has 138 valence electrons.